The molecule has 0 amide bonds. The van der Waals surface area contributed by atoms with Crippen LogP contribution in [0.3, 0.4) is 0 Å². The van der Waals surface area contributed by atoms with E-state index < -0.39 is 10.0 Å². The summed E-state index contributed by atoms with van der Waals surface area (Å²) in [5, 5.41) is 0. The van der Waals surface area contributed by atoms with Gasteiger partial charge in [-0.2, -0.15) is 0 Å². The number of hydrogen-bond donors (Lipinski definition) is 2. The average Bonchev–Trinajstić information content (AvgIpc) is 2.47. The molecule has 0 bridgehead atoms. The number of rotatable bonds is 5. The van der Waals surface area contributed by atoms with Crippen LogP contribution in [0, 0.1) is 5.41 Å². The third-order valence-corrected chi connectivity index (χ3v) is 5.46. The standard InChI is InChI=1S/C14H22N2O2S/c15-11-14(9-5-2-6-10-14)12-16-19(17,18)13-7-3-1-4-8-13/h1,3-4,7-8,16H,2,5-6,9-12,15H2. The molecule has 0 saturated heterocycles. The van der Waals surface area contributed by atoms with Gasteiger partial charge in [-0.05, 0) is 36.9 Å². The first-order valence-electron chi connectivity index (χ1n) is 6.83. The van der Waals surface area contributed by atoms with Crippen molar-refractivity contribution in [2.45, 2.75) is 37.0 Å². The van der Waals surface area contributed by atoms with Crippen molar-refractivity contribution in [1.29, 1.82) is 0 Å². The van der Waals surface area contributed by atoms with Crippen LogP contribution in [0.1, 0.15) is 32.1 Å². The van der Waals surface area contributed by atoms with E-state index >= 15 is 0 Å². The Bertz CT molecular complexity index is 493. The molecule has 0 unspecified atom stereocenters. The van der Waals surface area contributed by atoms with E-state index in [1.807, 2.05) is 6.07 Å². The molecule has 1 aromatic carbocycles. The maximum absolute atomic E-state index is 12.2. The number of nitrogens with one attached hydrogen (secondary N) is 1. The van der Waals surface area contributed by atoms with Gasteiger partial charge in [0, 0.05) is 6.54 Å². The van der Waals surface area contributed by atoms with Crippen LogP contribution in [0.5, 0.6) is 0 Å². The van der Waals surface area contributed by atoms with Gasteiger partial charge in [-0.3, -0.25) is 0 Å². The Kier molecular flexibility index (Phi) is 4.60. The molecule has 4 nitrogen and oxygen atoms in total. The SMILES string of the molecule is NCC1(CNS(=O)(=O)c2ccccc2)CCCCC1. The Morgan fingerprint density at radius 1 is 1.11 bits per heavy atom. The summed E-state index contributed by atoms with van der Waals surface area (Å²) in [6, 6.07) is 8.49. The van der Waals surface area contributed by atoms with Crippen LogP contribution in [-0.2, 0) is 10.0 Å². The zero-order chi connectivity index (χ0) is 13.8. The monoisotopic (exact) mass is 282 g/mol. The molecule has 1 fully saturated rings. The summed E-state index contributed by atoms with van der Waals surface area (Å²) in [6.45, 7) is 0.991. The Hall–Kier alpha value is -0.910. The fourth-order valence-corrected chi connectivity index (χ4v) is 3.86. The zero-order valence-electron chi connectivity index (χ0n) is 11.1. The molecular weight excluding hydrogens is 260 g/mol. The van der Waals surface area contributed by atoms with Crippen LogP contribution in [0.25, 0.3) is 0 Å². The Balaban J connectivity index is 2.05. The van der Waals surface area contributed by atoms with Crippen LogP contribution in [0.15, 0.2) is 35.2 Å². The third-order valence-electron chi connectivity index (χ3n) is 4.04. The van der Waals surface area contributed by atoms with Crippen LogP contribution < -0.4 is 10.5 Å². The molecule has 19 heavy (non-hydrogen) atoms. The highest BCUT2D eigenvalue weighted by molar-refractivity contribution is 7.89. The maximum atomic E-state index is 12.2. The van der Waals surface area contributed by atoms with E-state index in [1.165, 1.54) is 6.42 Å². The van der Waals surface area contributed by atoms with Gasteiger partial charge in [-0.25, -0.2) is 13.1 Å². The summed E-state index contributed by atoms with van der Waals surface area (Å²) in [5.74, 6) is 0. The second kappa shape index (κ2) is 6.03. The number of sulfonamides is 1. The first-order valence-corrected chi connectivity index (χ1v) is 8.31. The van der Waals surface area contributed by atoms with Crippen molar-refractivity contribution in [3.63, 3.8) is 0 Å². The van der Waals surface area contributed by atoms with Gasteiger partial charge in [0.05, 0.1) is 4.90 Å². The lowest BCUT2D eigenvalue weighted by atomic mass is 9.74. The summed E-state index contributed by atoms with van der Waals surface area (Å²) >= 11 is 0. The van der Waals surface area contributed by atoms with Crippen molar-refractivity contribution < 1.29 is 8.42 Å². The first kappa shape index (κ1) is 14.5. The van der Waals surface area contributed by atoms with Crippen LogP contribution in [0.2, 0.25) is 0 Å². The lowest BCUT2D eigenvalue weighted by molar-refractivity contribution is 0.202. The van der Waals surface area contributed by atoms with Gasteiger partial charge in [-0.15, -0.1) is 0 Å². The Morgan fingerprint density at radius 3 is 2.32 bits per heavy atom. The molecule has 1 aliphatic rings. The number of nitrogens with two attached hydrogens (primary N) is 1. The molecule has 1 aliphatic carbocycles. The first-order chi connectivity index (χ1) is 9.08. The van der Waals surface area contributed by atoms with Crippen LogP contribution in [0.4, 0.5) is 0 Å². The molecule has 106 valence electrons. The highest BCUT2D eigenvalue weighted by Gasteiger charge is 2.32. The van der Waals surface area contributed by atoms with Gasteiger partial charge >= 0.3 is 0 Å². The summed E-state index contributed by atoms with van der Waals surface area (Å²) < 4.78 is 27.1. The summed E-state index contributed by atoms with van der Waals surface area (Å²) in [4.78, 5) is 0.318. The van der Waals surface area contributed by atoms with Crippen molar-refractivity contribution >= 4 is 10.0 Å². The summed E-state index contributed by atoms with van der Waals surface area (Å²) in [7, 11) is -3.41. The zero-order valence-corrected chi connectivity index (χ0v) is 12.0. The van der Waals surface area contributed by atoms with Crippen molar-refractivity contribution in [1.82, 2.24) is 4.72 Å². The molecule has 1 saturated carbocycles. The minimum atomic E-state index is -3.41. The predicted molar refractivity (Wildman–Crippen MR) is 76.2 cm³/mol. The smallest absolute Gasteiger partial charge is 0.240 e. The normalized spacial score (nSPS) is 19.2. The van der Waals surface area contributed by atoms with E-state index in [0.29, 0.717) is 18.0 Å². The fourth-order valence-electron chi connectivity index (χ4n) is 2.69. The summed E-state index contributed by atoms with van der Waals surface area (Å²) in [6.07, 6.45) is 5.54. The molecule has 0 radical (unpaired) electrons. The molecule has 5 heteroatoms. The molecular formula is C14H22N2O2S. The second-order valence-electron chi connectivity index (χ2n) is 5.40. The van der Waals surface area contributed by atoms with Crippen LogP contribution in [-0.4, -0.2) is 21.5 Å². The van der Waals surface area contributed by atoms with Gasteiger partial charge < -0.3 is 5.73 Å². The topological polar surface area (TPSA) is 72.2 Å². The minimum Gasteiger partial charge on any atom is -0.330 e. The largest absolute Gasteiger partial charge is 0.330 e. The van der Waals surface area contributed by atoms with Crippen molar-refractivity contribution in [3.05, 3.63) is 30.3 Å². The maximum Gasteiger partial charge on any atom is 0.240 e. The van der Waals surface area contributed by atoms with E-state index in [9.17, 15) is 8.42 Å². The molecule has 1 aromatic rings. The fraction of sp³-hybridized carbons (Fsp3) is 0.571. The number of hydrogen-bond acceptors (Lipinski definition) is 3. The molecule has 2 rings (SSSR count). The van der Waals surface area contributed by atoms with E-state index in [-0.39, 0.29) is 5.41 Å². The predicted octanol–water partition coefficient (Wildman–Crippen LogP) is 1.87. The quantitative estimate of drug-likeness (QED) is 0.866. The summed E-state index contributed by atoms with van der Waals surface area (Å²) in [5.41, 5.74) is 5.82. The molecule has 0 atom stereocenters. The van der Waals surface area contributed by atoms with Gasteiger partial charge in [-0.1, -0.05) is 37.5 Å². The highest BCUT2D eigenvalue weighted by Crippen LogP contribution is 2.34. The van der Waals surface area contributed by atoms with Gasteiger partial charge in [0.1, 0.15) is 0 Å². The van der Waals surface area contributed by atoms with Gasteiger partial charge in [0.25, 0.3) is 0 Å². The highest BCUT2D eigenvalue weighted by atomic mass is 32.2. The molecule has 0 aliphatic heterocycles. The van der Waals surface area contributed by atoms with Gasteiger partial charge in [0.2, 0.25) is 10.0 Å². The molecule has 0 spiro atoms. The van der Waals surface area contributed by atoms with Crippen molar-refractivity contribution in [2.75, 3.05) is 13.1 Å². The average molecular weight is 282 g/mol. The van der Waals surface area contributed by atoms with Crippen molar-refractivity contribution in [2.24, 2.45) is 11.1 Å². The Labute approximate surface area is 115 Å². The van der Waals surface area contributed by atoms with Gasteiger partial charge in [0.15, 0.2) is 0 Å². The second-order valence-corrected chi connectivity index (χ2v) is 7.17. The van der Waals surface area contributed by atoms with Crippen LogP contribution >= 0.6 is 0 Å². The van der Waals surface area contributed by atoms with E-state index in [2.05, 4.69) is 4.72 Å². The Morgan fingerprint density at radius 2 is 1.74 bits per heavy atom. The van der Waals surface area contributed by atoms with E-state index in [1.54, 1.807) is 24.3 Å². The molecule has 3 N–H and O–H groups in total. The lowest BCUT2D eigenvalue weighted by Crippen LogP contribution is -2.43. The third kappa shape index (κ3) is 3.55. The molecule has 0 aromatic heterocycles. The number of benzene rings is 1. The lowest BCUT2D eigenvalue weighted by Gasteiger charge is -2.36. The van der Waals surface area contributed by atoms with Crippen molar-refractivity contribution in [3.8, 4) is 0 Å². The molecule has 0 heterocycles. The van der Waals surface area contributed by atoms with E-state index in [0.717, 1.165) is 25.7 Å². The minimum absolute atomic E-state index is 0.0555. The van der Waals surface area contributed by atoms with E-state index in [4.69, 9.17) is 5.73 Å².